The van der Waals surface area contributed by atoms with Gasteiger partial charge in [-0.2, -0.15) is 0 Å². The molecule has 0 aromatic carbocycles. The second kappa shape index (κ2) is 4.22. The Kier molecular flexibility index (Phi) is 2.73. The fourth-order valence-corrected chi connectivity index (χ4v) is 2.32. The van der Waals surface area contributed by atoms with Gasteiger partial charge in [-0.05, 0) is 0 Å². The van der Waals surface area contributed by atoms with Crippen LogP contribution in [0.2, 0.25) is 0 Å². The number of H-pyrrole nitrogens is 1. The van der Waals surface area contributed by atoms with Gasteiger partial charge in [0.2, 0.25) is 12.0 Å². The third kappa shape index (κ3) is 1.93. The molecule has 3 heterocycles. The average Bonchev–Trinajstić information content (AvgIpc) is 2.83. The van der Waals surface area contributed by atoms with Crippen molar-refractivity contribution in [3.63, 3.8) is 0 Å². The third-order valence-electron chi connectivity index (χ3n) is 3.09. The van der Waals surface area contributed by atoms with Gasteiger partial charge in [0.1, 0.15) is 6.61 Å². The molecule has 0 amide bonds. The highest BCUT2D eigenvalue weighted by Gasteiger charge is 2.50. The SMILES string of the molecule is CC1(C)OC2=C(CO)O[C@@H](n3ccc(=O)[nH]c3=O)C2O1. The first-order valence-electron chi connectivity index (χ1n) is 6.10. The largest absolute Gasteiger partial charge is 0.465 e. The normalized spacial score (nSPS) is 27.1. The number of ether oxygens (including phenoxy) is 3. The van der Waals surface area contributed by atoms with Crippen molar-refractivity contribution >= 4 is 0 Å². The van der Waals surface area contributed by atoms with E-state index < -0.39 is 29.4 Å². The number of nitrogens with one attached hydrogen (secondary N) is 1. The molecule has 0 aliphatic carbocycles. The topological polar surface area (TPSA) is 103 Å². The molecule has 1 aromatic heterocycles. The summed E-state index contributed by atoms with van der Waals surface area (Å²) in [5, 5.41) is 9.30. The molecular weight excluding hydrogens is 268 g/mol. The third-order valence-corrected chi connectivity index (χ3v) is 3.09. The monoisotopic (exact) mass is 282 g/mol. The molecule has 0 bridgehead atoms. The van der Waals surface area contributed by atoms with Crippen LogP contribution < -0.4 is 11.2 Å². The van der Waals surface area contributed by atoms with Gasteiger partial charge < -0.3 is 19.3 Å². The van der Waals surface area contributed by atoms with Gasteiger partial charge in [-0.15, -0.1) is 0 Å². The Morgan fingerprint density at radius 1 is 1.45 bits per heavy atom. The van der Waals surface area contributed by atoms with E-state index in [9.17, 15) is 14.7 Å². The summed E-state index contributed by atoms with van der Waals surface area (Å²) >= 11 is 0. The minimum atomic E-state index is -0.867. The van der Waals surface area contributed by atoms with Gasteiger partial charge in [-0.25, -0.2) is 4.79 Å². The number of hydrogen-bond acceptors (Lipinski definition) is 6. The lowest BCUT2D eigenvalue weighted by Crippen LogP contribution is -2.36. The molecule has 2 N–H and O–H groups in total. The molecule has 8 nitrogen and oxygen atoms in total. The number of aliphatic hydroxyl groups is 1. The molecule has 2 aliphatic rings. The number of aromatic nitrogens is 2. The number of hydrogen-bond donors (Lipinski definition) is 2. The van der Waals surface area contributed by atoms with Crippen molar-refractivity contribution < 1.29 is 19.3 Å². The summed E-state index contributed by atoms with van der Waals surface area (Å²) in [5.41, 5.74) is -1.11. The zero-order valence-corrected chi connectivity index (χ0v) is 11.0. The van der Waals surface area contributed by atoms with Gasteiger partial charge in [0.05, 0.1) is 0 Å². The Balaban J connectivity index is 2.02. The fraction of sp³-hybridized carbons (Fsp3) is 0.500. The standard InChI is InChI=1S/C12H14N2O6/c1-12(2)19-8-6(5-15)18-10(9(8)20-12)14-4-3-7(16)13-11(14)17/h3-4,9-10,15H,5H2,1-2H3,(H,13,16,17)/t9?,10-/m1/s1. The number of aromatic amines is 1. The highest BCUT2D eigenvalue weighted by atomic mass is 16.8. The van der Waals surface area contributed by atoms with Crippen molar-refractivity contribution in [3.05, 3.63) is 44.6 Å². The molecule has 0 radical (unpaired) electrons. The van der Waals surface area contributed by atoms with Gasteiger partial charge >= 0.3 is 5.69 Å². The van der Waals surface area contributed by atoms with Crippen LogP contribution in [0.25, 0.3) is 0 Å². The molecular formula is C12H14N2O6. The van der Waals surface area contributed by atoms with Crippen LogP contribution in [0.1, 0.15) is 20.1 Å². The van der Waals surface area contributed by atoms with Crippen molar-refractivity contribution in [1.29, 1.82) is 0 Å². The van der Waals surface area contributed by atoms with Crippen LogP contribution in [0.5, 0.6) is 0 Å². The smallest absolute Gasteiger partial charge is 0.331 e. The Hall–Kier alpha value is -2.06. The summed E-state index contributed by atoms with van der Waals surface area (Å²) in [5.74, 6) is -0.266. The van der Waals surface area contributed by atoms with E-state index in [4.69, 9.17) is 14.2 Å². The first-order chi connectivity index (χ1) is 9.41. The first kappa shape index (κ1) is 12.9. The quantitative estimate of drug-likeness (QED) is 0.752. The Morgan fingerprint density at radius 2 is 2.20 bits per heavy atom. The van der Waals surface area contributed by atoms with E-state index in [2.05, 4.69) is 4.98 Å². The maximum absolute atomic E-state index is 11.8. The summed E-state index contributed by atoms with van der Waals surface area (Å²) in [6.45, 7) is 3.08. The van der Waals surface area contributed by atoms with Crippen LogP contribution in [0, 0.1) is 0 Å². The predicted octanol–water partition coefficient (Wildman–Crippen LogP) is -0.579. The van der Waals surface area contributed by atoms with Crippen molar-refractivity contribution in [1.82, 2.24) is 9.55 Å². The van der Waals surface area contributed by atoms with Gasteiger partial charge in [0, 0.05) is 26.1 Å². The minimum Gasteiger partial charge on any atom is -0.465 e. The predicted molar refractivity (Wildman–Crippen MR) is 65.6 cm³/mol. The maximum Gasteiger partial charge on any atom is 0.331 e. The lowest BCUT2D eigenvalue weighted by atomic mass is 10.2. The summed E-state index contributed by atoms with van der Waals surface area (Å²) < 4.78 is 18.0. The van der Waals surface area contributed by atoms with Crippen LogP contribution in [-0.4, -0.2) is 33.2 Å². The molecule has 1 fully saturated rings. The van der Waals surface area contributed by atoms with Crippen molar-refractivity contribution in [2.45, 2.75) is 32.0 Å². The molecule has 0 spiro atoms. The minimum absolute atomic E-state index is 0.226. The lowest BCUT2D eigenvalue weighted by Gasteiger charge is -2.22. The zero-order valence-electron chi connectivity index (χ0n) is 11.0. The highest BCUT2D eigenvalue weighted by Crippen LogP contribution is 2.44. The van der Waals surface area contributed by atoms with Crippen molar-refractivity contribution in [3.8, 4) is 0 Å². The molecule has 1 unspecified atom stereocenters. The maximum atomic E-state index is 11.8. The number of nitrogens with zero attached hydrogens (tertiary/aromatic N) is 1. The van der Waals surface area contributed by atoms with E-state index in [1.807, 2.05) is 0 Å². The number of rotatable bonds is 2. The highest BCUT2D eigenvalue weighted by molar-refractivity contribution is 5.18. The van der Waals surface area contributed by atoms with Crippen molar-refractivity contribution in [2.24, 2.45) is 0 Å². The molecule has 2 aliphatic heterocycles. The summed E-state index contributed by atoms with van der Waals surface area (Å²) in [6.07, 6.45) is -0.146. The van der Waals surface area contributed by atoms with Gasteiger partial charge in [-0.1, -0.05) is 0 Å². The van der Waals surface area contributed by atoms with E-state index in [-0.39, 0.29) is 12.4 Å². The van der Waals surface area contributed by atoms with E-state index in [0.717, 1.165) is 0 Å². The van der Waals surface area contributed by atoms with E-state index >= 15 is 0 Å². The van der Waals surface area contributed by atoms with Crippen LogP contribution in [-0.2, 0) is 14.2 Å². The molecule has 3 rings (SSSR count). The van der Waals surface area contributed by atoms with Crippen molar-refractivity contribution in [2.75, 3.05) is 6.61 Å². The van der Waals surface area contributed by atoms with Gasteiger partial charge in [0.15, 0.2) is 17.6 Å². The summed E-state index contributed by atoms with van der Waals surface area (Å²) in [4.78, 5) is 25.1. The van der Waals surface area contributed by atoms with E-state index in [1.165, 1.54) is 16.8 Å². The van der Waals surface area contributed by atoms with Crippen LogP contribution >= 0.6 is 0 Å². The second-order valence-corrected chi connectivity index (χ2v) is 5.01. The van der Waals surface area contributed by atoms with E-state index in [1.54, 1.807) is 13.8 Å². The van der Waals surface area contributed by atoms with E-state index in [0.29, 0.717) is 5.76 Å². The molecule has 0 saturated carbocycles. The van der Waals surface area contributed by atoms with Gasteiger partial charge in [-0.3, -0.25) is 14.3 Å². The molecule has 1 saturated heterocycles. The van der Waals surface area contributed by atoms with Crippen LogP contribution in [0.3, 0.4) is 0 Å². The first-order valence-corrected chi connectivity index (χ1v) is 6.10. The average molecular weight is 282 g/mol. The molecule has 2 atom stereocenters. The molecule has 20 heavy (non-hydrogen) atoms. The Bertz CT molecular complexity index is 686. The number of fused-ring (bicyclic) bond motifs is 1. The molecule has 8 heteroatoms. The summed E-state index contributed by atoms with van der Waals surface area (Å²) in [6, 6.07) is 1.21. The fourth-order valence-electron chi connectivity index (χ4n) is 2.32. The van der Waals surface area contributed by atoms with Gasteiger partial charge in [0.25, 0.3) is 5.56 Å². The second-order valence-electron chi connectivity index (χ2n) is 5.01. The lowest BCUT2D eigenvalue weighted by molar-refractivity contribution is -0.166. The van der Waals surface area contributed by atoms with Crippen LogP contribution in [0.4, 0.5) is 0 Å². The Labute approximate surface area is 113 Å². The number of aliphatic hydroxyl groups excluding tert-OH is 1. The Morgan fingerprint density at radius 3 is 2.85 bits per heavy atom. The van der Waals surface area contributed by atoms with Crippen LogP contribution in [0.15, 0.2) is 33.4 Å². The zero-order chi connectivity index (χ0) is 14.5. The molecule has 1 aromatic rings. The summed E-state index contributed by atoms with van der Waals surface area (Å²) in [7, 11) is 0. The molecule has 108 valence electrons.